The molecule has 2 saturated heterocycles. The molecule has 22 heteroatoms. The molecule has 0 aliphatic carbocycles. The van der Waals surface area contributed by atoms with Crippen LogP contribution in [0.3, 0.4) is 0 Å². The monoisotopic (exact) mass is 762 g/mol. The number of thioether (sulfide) groups is 1. The van der Waals surface area contributed by atoms with Gasteiger partial charge in [0.25, 0.3) is 17.7 Å². The molecule has 2 aromatic rings. The van der Waals surface area contributed by atoms with Crippen LogP contribution in [-0.2, 0) is 35.9 Å². The maximum absolute atomic E-state index is 13.4. The number of likely N-dealkylation sites (tertiary alicyclic amines) is 1. The Bertz CT molecular complexity index is 1940. The Morgan fingerprint density at radius 3 is 2.54 bits per heavy atom. The number of carboxylic acid groups (broad SMARTS) is 3. The fourth-order valence-electron chi connectivity index (χ4n) is 6.26. The summed E-state index contributed by atoms with van der Waals surface area (Å²) in [6.45, 7) is 2.22. The predicted octanol–water partition coefficient (Wildman–Crippen LogP) is -2.78. The average Bonchev–Trinajstić information content (AvgIpc) is 3.73. The summed E-state index contributed by atoms with van der Waals surface area (Å²) in [4.78, 5) is 96.4. The average molecular weight is 763 g/mol. The number of anilines is 1. The van der Waals surface area contributed by atoms with E-state index in [1.165, 1.54) is 28.8 Å². The lowest BCUT2D eigenvalue weighted by atomic mass is 10.0. The highest BCUT2D eigenvalue weighted by Crippen LogP contribution is 2.41. The van der Waals surface area contributed by atoms with E-state index in [0.717, 1.165) is 41.3 Å². The number of carboxylic acids is 3. The number of aryl methyl sites for hydroxylation is 1. The third-order valence-corrected chi connectivity index (χ3v) is 10.8. The van der Waals surface area contributed by atoms with Gasteiger partial charge >= 0.3 is 11.9 Å². The number of oxime groups is 1. The molecule has 2 fully saturated rings. The van der Waals surface area contributed by atoms with Crippen molar-refractivity contribution in [1.82, 2.24) is 25.1 Å². The molecule has 7 N–H and O–H groups in total. The molecule has 3 aliphatic rings. The molecule has 278 valence electrons. The molecule has 0 aromatic carbocycles. The van der Waals surface area contributed by atoms with Gasteiger partial charge in [0.1, 0.15) is 29.3 Å². The van der Waals surface area contributed by atoms with Crippen LogP contribution in [0.2, 0.25) is 0 Å². The maximum atomic E-state index is 13.4. The Labute approximate surface area is 302 Å². The molecule has 0 saturated carbocycles. The predicted molar refractivity (Wildman–Crippen MR) is 180 cm³/mol. The number of aromatic hydroxyl groups is 1. The number of β-lactam (4-membered cyclic amide) rings is 1. The van der Waals surface area contributed by atoms with Gasteiger partial charge in [-0.1, -0.05) is 5.16 Å². The third kappa shape index (κ3) is 8.02. The summed E-state index contributed by atoms with van der Waals surface area (Å²) in [7, 11) is 1.51. The fraction of sp³-hybridized carbons (Fsp3) is 0.433. The first-order valence-electron chi connectivity index (χ1n) is 15.7. The van der Waals surface area contributed by atoms with E-state index in [1.54, 1.807) is 0 Å². The Morgan fingerprint density at radius 1 is 1.21 bits per heavy atom. The summed E-state index contributed by atoms with van der Waals surface area (Å²) < 4.78 is 1.75. The van der Waals surface area contributed by atoms with Gasteiger partial charge in [-0.25, -0.2) is 9.78 Å². The van der Waals surface area contributed by atoms with Gasteiger partial charge in [-0.2, -0.15) is 0 Å². The SMILES string of the molecule is Cn1cc(O)c(=O)cc1C(=O)NCC[N+]1(CC2=C(C(=O)[O-])N3C(=O)[C@@H](NC(=O)C(=NO[C@@H](CC(=O)O)C(=O)O)c4csc(N)n4)[C@H]3SC2)CCCC1. The number of carbonyl (C=O) groups is 6. The standard InChI is InChI=1S/C30H34N8O12S2/c1-36-10-18(40)17(39)8-16(36)24(43)32-4-7-38(5-2-3-6-38)11-14-12-51-27-22(26(45)37(27)23(14)29(48)49)34-25(44)21(15-13-52-30(31)33-15)35-50-19(28(46)47)9-20(41)42/h8,10,13,19,22,27H,2-7,9,11-12H2,1H3,(H7-,31,32,33,34,40,41,42,43,44,46,47,48,49)/t19-,22+,27+/m0/s1. The molecule has 52 heavy (non-hydrogen) atoms. The van der Waals surface area contributed by atoms with Crippen molar-refractivity contribution in [2.24, 2.45) is 12.2 Å². The number of hydrogen-bond donors (Lipinski definition) is 6. The Kier molecular flexibility index (Phi) is 11.2. The quantitative estimate of drug-likeness (QED) is 0.0463. The van der Waals surface area contributed by atoms with Crippen molar-refractivity contribution in [3.63, 3.8) is 0 Å². The molecule has 0 spiro atoms. The number of hydrogen-bond acceptors (Lipinski definition) is 15. The van der Waals surface area contributed by atoms with Crippen LogP contribution in [0.5, 0.6) is 5.75 Å². The van der Waals surface area contributed by atoms with E-state index < -0.39 is 76.5 Å². The van der Waals surface area contributed by atoms with E-state index in [-0.39, 0.29) is 41.1 Å². The minimum absolute atomic E-state index is 0.0194. The molecule has 0 bridgehead atoms. The van der Waals surface area contributed by atoms with Gasteiger partial charge in [0.05, 0.1) is 50.5 Å². The second kappa shape index (κ2) is 15.4. The number of amides is 3. The van der Waals surface area contributed by atoms with E-state index in [9.17, 15) is 48.9 Å². The zero-order valence-corrected chi connectivity index (χ0v) is 29.1. The van der Waals surface area contributed by atoms with Crippen molar-refractivity contribution in [1.29, 1.82) is 0 Å². The summed E-state index contributed by atoms with van der Waals surface area (Å²) in [5, 5.41) is 49.7. The zero-order valence-electron chi connectivity index (χ0n) is 27.5. The first kappa shape index (κ1) is 37.8. The first-order chi connectivity index (χ1) is 24.6. The molecule has 20 nitrogen and oxygen atoms in total. The zero-order chi connectivity index (χ0) is 37.9. The summed E-state index contributed by atoms with van der Waals surface area (Å²) in [5.74, 6) is -7.37. The molecule has 3 amide bonds. The number of nitrogens with two attached hydrogens (primary N) is 1. The van der Waals surface area contributed by atoms with Gasteiger partial charge in [-0.05, 0) is 0 Å². The molecular formula is C30H34N8O12S2. The lowest BCUT2D eigenvalue weighted by Crippen LogP contribution is -2.72. The minimum atomic E-state index is -1.95. The number of rotatable bonds is 15. The lowest BCUT2D eigenvalue weighted by molar-refractivity contribution is -0.911. The largest absolute Gasteiger partial charge is 0.543 e. The van der Waals surface area contributed by atoms with Gasteiger partial charge in [-0.15, -0.1) is 23.1 Å². The Hall–Kier alpha value is -5.48. The van der Waals surface area contributed by atoms with Crippen molar-refractivity contribution in [2.45, 2.75) is 36.8 Å². The van der Waals surface area contributed by atoms with Crippen molar-refractivity contribution in [3.8, 4) is 5.75 Å². The van der Waals surface area contributed by atoms with Crippen LogP contribution in [0.1, 0.15) is 35.4 Å². The fourth-order valence-corrected chi connectivity index (χ4v) is 8.14. The van der Waals surface area contributed by atoms with Crippen molar-refractivity contribution < 1.29 is 58.5 Å². The number of fused-ring (bicyclic) bond motifs is 1. The maximum Gasteiger partial charge on any atom is 0.348 e. The van der Waals surface area contributed by atoms with E-state index >= 15 is 0 Å². The highest BCUT2D eigenvalue weighted by molar-refractivity contribution is 8.00. The van der Waals surface area contributed by atoms with Crippen LogP contribution < -0.4 is 26.9 Å². The van der Waals surface area contributed by atoms with Gasteiger partial charge in [0.2, 0.25) is 11.5 Å². The summed E-state index contributed by atoms with van der Waals surface area (Å²) >= 11 is 2.13. The normalized spacial score (nSPS) is 20.1. The molecule has 0 radical (unpaired) electrons. The lowest BCUT2D eigenvalue weighted by Gasteiger charge is -2.51. The number of pyridine rings is 1. The summed E-state index contributed by atoms with van der Waals surface area (Å²) in [6, 6.07) is -0.199. The number of carbonyl (C=O) groups excluding carboxylic acids is 4. The second-order valence-electron chi connectivity index (χ2n) is 12.3. The topological polar surface area (TPSA) is 296 Å². The second-order valence-corrected chi connectivity index (χ2v) is 14.3. The van der Waals surface area contributed by atoms with Crippen molar-refractivity contribution in [3.05, 3.63) is 50.5 Å². The number of nitrogens with one attached hydrogen (secondary N) is 2. The first-order valence-corrected chi connectivity index (χ1v) is 17.7. The molecule has 5 heterocycles. The van der Waals surface area contributed by atoms with Crippen LogP contribution in [0.15, 0.2) is 38.9 Å². The van der Waals surface area contributed by atoms with Crippen LogP contribution in [0.25, 0.3) is 0 Å². The van der Waals surface area contributed by atoms with E-state index in [2.05, 4.69) is 20.8 Å². The number of nitrogens with zero attached hydrogens (tertiary/aromatic N) is 5. The van der Waals surface area contributed by atoms with Gasteiger partial charge < -0.3 is 55.5 Å². The molecule has 3 aliphatic heterocycles. The molecule has 0 unspecified atom stereocenters. The van der Waals surface area contributed by atoms with Crippen molar-refractivity contribution >= 4 is 69.6 Å². The summed E-state index contributed by atoms with van der Waals surface area (Å²) in [6.07, 6.45) is -0.0856. The smallest absolute Gasteiger partial charge is 0.348 e. The number of aromatic nitrogens is 2. The van der Waals surface area contributed by atoms with Crippen LogP contribution in [0, 0.1) is 0 Å². The number of aliphatic carboxylic acids is 3. The number of thiazole rings is 1. The highest BCUT2D eigenvalue weighted by Gasteiger charge is 2.54. The molecular weight excluding hydrogens is 729 g/mol. The van der Waals surface area contributed by atoms with Gasteiger partial charge in [-0.3, -0.25) is 28.9 Å². The van der Waals surface area contributed by atoms with Crippen LogP contribution in [-0.4, -0.2) is 132 Å². The molecule has 2 aromatic heterocycles. The minimum Gasteiger partial charge on any atom is -0.543 e. The summed E-state index contributed by atoms with van der Waals surface area (Å²) in [5.41, 5.74) is 4.44. The third-order valence-electron chi connectivity index (χ3n) is 8.78. The van der Waals surface area contributed by atoms with Crippen LogP contribution in [0.4, 0.5) is 5.13 Å². The van der Waals surface area contributed by atoms with Crippen LogP contribution >= 0.6 is 23.1 Å². The molecule has 3 atom stereocenters. The number of nitrogen functional groups attached to an aromatic ring is 1. The van der Waals surface area contributed by atoms with Gasteiger partial charge in [0.15, 0.2) is 16.6 Å². The Morgan fingerprint density at radius 2 is 1.92 bits per heavy atom. The molecule has 5 rings (SSSR count). The van der Waals surface area contributed by atoms with E-state index in [1.807, 2.05) is 0 Å². The highest BCUT2D eigenvalue weighted by atomic mass is 32.2. The van der Waals surface area contributed by atoms with E-state index in [0.29, 0.717) is 29.7 Å². The van der Waals surface area contributed by atoms with E-state index in [4.69, 9.17) is 15.7 Å². The van der Waals surface area contributed by atoms with Gasteiger partial charge in [0, 0.05) is 42.7 Å². The Balaban J connectivity index is 1.30. The number of quaternary nitrogens is 1. The van der Waals surface area contributed by atoms with Crippen molar-refractivity contribution in [2.75, 3.05) is 44.2 Å².